The van der Waals surface area contributed by atoms with E-state index in [1.165, 1.54) is 16.7 Å². The van der Waals surface area contributed by atoms with E-state index in [9.17, 15) is 4.79 Å². The van der Waals surface area contributed by atoms with E-state index in [0.29, 0.717) is 24.4 Å². The molecular weight excluding hydrogens is 370 g/mol. The molecule has 0 aliphatic carbocycles. The summed E-state index contributed by atoms with van der Waals surface area (Å²) >= 11 is 0. The number of nitrogens with one attached hydrogen (secondary N) is 1. The van der Waals surface area contributed by atoms with Gasteiger partial charge in [-0.15, -0.1) is 0 Å². The summed E-state index contributed by atoms with van der Waals surface area (Å²) in [6, 6.07) is 23.7. The maximum absolute atomic E-state index is 12.7. The molecule has 3 atom stereocenters. The summed E-state index contributed by atoms with van der Waals surface area (Å²) in [5, 5.41) is 3.62. The van der Waals surface area contributed by atoms with Crippen molar-refractivity contribution in [2.24, 2.45) is 0 Å². The first kappa shape index (κ1) is 18.8. The van der Waals surface area contributed by atoms with E-state index in [0.717, 1.165) is 18.7 Å². The smallest absolute Gasteiger partial charge is 0.227 e. The Bertz CT molecular complexity index is 1020. The van der Waals surface area contributed by atoms with Gasteiger partial charge in [0.15, 0.2) is 0 Å². The first-order chi connectivity index (χ1) is 14.8. The highest BCUT2D eigenvalue weighted by molar-refractivity contribution is 5.79. The summed E-state index contributed by atoms with van der Waals surface area (Å²) < 4.78 is 0. The van der Waals surface area contributed by atoms with Crippen molar-refractivity contribution in [1.82, 2.24) is 15.2 Å². The molecule has 150 valence electrons. The van der Waals surface area contributed by atoms with E-state index in [2.05, 4.69) is 71.0 Å². The van der Waals surface area contributed by atoms with E-state index in [1.807, 2.05) is 23.1 Å². The number of hydrogen-bond acceptors (Lipinski definition) is 3. The third-order valence-corrected chi connectivity index (χ3v) is 6.18. The fourth-order valence-corrected chi connectivity index (χ4v) is 4.57. The molecule has 4 heterocycles. The maximum atomic E-state index is 12.7. The van der Waals surface area contributed by atoms with E-state index in [1.54, 1.807) is 12.4 Å². The number of aromatic nitrogens is 1. The van der Waals surface area contributed by atoms with Crippen molar-refractivity contribution < 1.29 is 4.79 Å². The van der Waals surface area contributed by atoms with E-state index in [4.69, 9.17) is 0 Å². The number of benzene rings is 2. The van der Waals surface area contributed by atoms with Gasteiger partial charge in [-0.05, 0) is 34.4 Å². The van der Waals surface area contributed by atoms with E-state index < -0.39 is 0 Å². The zero-order chi connectivity index (χ0) is 20.3. The quantitative estimate of drug-likeness (QED) is 0.669. The standard InChI is InChI=1S/C26H25N3O/c30-25(16-21-12-14-27-15-13-21)29-17-23-26(24(18-29)28-23)22-10-8-20(9-11-22)7-6-19-4-2-1-3-5-19/h1-15,23-24,26,28H,16-18H2/b7-6+/t23-,24+,26?. The molecule has 3 aliphatic rings. The van der Waals surface area contributed by atoms with Crippen molar-refractivity contribution in [2.45, 2.75) is 24.4 Å². The SMILES string of the molecule is O=C(Cc1ccncc1)N1C[C@@H]2N[C@H](C1)C2c1ccc(/C=C/c2ccccc2)cc1. The van der Waals surface area contributed by atoms with Crippen molar-refractivity contribution in [3.63, 3.8) is 0 Å². The highest BCUT2D eigenvalue weighted by Crippen LogP contribution is 2.37. The molecule has 3 fully saturated rings. The van der Waals surface area contributed by atoms with Gasteiger partial charge in [-0.3, -0.25) is 9.78 Å². The van der Waals surface area contributed by atoms with Crippen LogP contribution in [-0.2, 0) is 11.2 Å². The van der Waals surface area contributed by atoms with Gasteiger partial charge in [0.25, 0.3) is 0 Å². The Morgan fingerprint density at radius 2 is 1.53 bits per heavy atom. The fourth-order valence-electron chi connectivity index (χ4n) is 4.57. The van der Waals surface area contributed by atoms with Crippen LogP contribution in [0.25, 0.3) is 12.2 Å². The van der Waals surface area contributed by atoms with Gasteiger partial charge in [0, 0.05) is 43.5 Å². The third kappa shape index (κ3) is 3.91. The molecule has 4 heteroatoms. The van der Waals surface area contributed by atoms with Gasteiger partial charge >= 0.3 is 0 Å². The van der Waals surface area contributed by atoms with Crippen molar-refractivity contribution in [2.75, 3.05) is 13.1 Å². The highest BCUT2D eigenvalue weighted by Gasteiger charge is 2.47. The maximum Gasteiger partial charge on any atom is 0.227 e. The van der Waals surface area contributed by atoms with Crippen LogP contribution in [0, 0.1) is 0 Å². The lowest BCUT2D eigenvalue weighted by atomic mass is 9.74. The Kier molecular flexibility index (Phi) is 5.16. The molecular formula is C26H25N3O. The number of carbonyl (C=O) groups excluding carboxylic acids is 1. The minimum Gasteiger partial charge on any atom is -0.339 e. The van der Waals surface area contributed by atoms with Gasteiger partial charge in [0.05, 0.1) is 6.42 Å². The topological polar surface area (TPSA) is 45.2 Å². The second kappa shape index (κ2) is 8.25. The monoisotopic (exact) mass is 395 g/mol. The van der Waals surface area contributed by atoms with Crippen LogP contribution in [0.1, 0.15) is 28.2 Å². The summed E-state index contributed by atoms with van der Waals surface area (Å²) in [5.41, 5.74) is 4.80. The molecule has 2 bridgehead atoms. The summed E-state index contributed by atoms with van der Waals surface area (Å²) in [6.45, 7) is 1.56. The Labute approximate surface area is 177 Å². The summed E-state index contributed by atoms with van der Waals surface area (Å²) in [4.78, 5) is 18.7. The van der Waals surface area contributed by atoms with Crippen LogP contribution in [0.15, 0.2) is 79.1 Å². The molecule has 6 rings (SSSR count). The number of amides is 1. The molecule has 4 nitrogen and oxygen atoms in total. The second-order valence-corrected chi connectivity index (χ2v) is 8.15. The molecule has 0 radical (unpaired) electrons. The van der Waals surface area contributed by atoms with E-state index in [-0.39, 0.29) is 5.91 Å². The normalized spacial score (nSPS) is 22.7. The molecule has 1 unspecified atom stereocenters. The van der Waals surface area contributed by atoms with Gasteiger partial charge in [0.2, 0.25) is 5.91 Å². The molecule has 1 aromatic heterocycles. The molecule has 2 aromatic carbocycles. The Morgan fingerprint density at radius 1 is 0.900 bits per heavy atom. The van der Waals surface area contributed by atoms with Crippen molar-refractivity contribution in [1.29, 1.82) is 0 Å². The van der Waals surface area contributed by atoms with Gasteiger partial charge in [0.1, 0.15) is 0 Å². The number of rotatable bonds is 5. The molecule has 0 saturated carbocycles. The molecule has 0 spiro atoms. The number of nitrogens with zero attached hydrogens (tertiary/aromatic N) is 2. The number of carbonyl (C=O) groups is 1. The first-order valence-corrected chi connectivity index (χ1v) is 10.5. The largest absolute Gasteiger partial charge is 0.339 e. The fraction of sp³-hybridized carbons (Fsp3) is 0.231. The zero-order valence-corrected chi connectivity index (χ0v) is 16.8. The van der Waals surface area contributed by atoms with Crippen LogP contribution >= 0.6 is 0 Å². The summed E-state index contributed by atoms with van der Waals surface area (Å²) in [5.74, 6) is 0.694. The molecule has 3 aliphatic heterocycles. The first-order valence-electron chi connectivity index (χ1n) is 10.5. The number of piperidine rings is 1. The van der Waals surface area contributed by atoms with Gasteiger partial charge < -0.3 is 10.2 Å². The predicted molar refractivity (Wildman–Crippen MR) is 120 cm³/mol. The van der Waals surface area contributed by atoms with Crippen LogP contribution in [0.3, 0.4) is 0 Å². The predicted octanol–water partition coefficient (Wildman–Crippen LogP) is 3.76. The van der Waals surface area contributed by atoms with Crippen LogP contribution in [0.2, 0.25) is 0 Å². The molecule has 1 N–H and O–H groups in total. The number of fused-ring (bicyclic) bond motifs is 2. The highest BCUT2D eigenvalue weighted by atomic mass is 16.2. The van der Waals surface area contributed by atoms with Gasteiger partial charge in [-0.25, -0.2) is 0 Å². The summed E-state index contributed by atoms with van der Waals surface area (Å²) in [6.07, 6.45) is 8.23. The van der Waals surface area contributed by atoms with Crippen molar-refractivity contribution >= 4 is 18.1 Å². The minimum atomic E-state index is 0.206. The van der Waals surface area contributed by atoms with Gasteiger partial charge in [-0.2, -0.15) is 0 Å². The van der Waals surface area contributed by atoms with Crippen LogP contribution in [0.4, 0.5) is 0 Å². The van der Waals surface area contributed by atoms with Gasteiger partial charge in [-0.1, -0.05) is 66.7 Å². The average Bonchev–Trinajstić information content (AvgIpc) is 2.80. The molecule has 3 aromatic rings. The molecule has 1 amide bonds. The zero-order valence-electron chi connectivity index (χ0n) is 16.8. The van der Waals surface area contributed by atoms with Crippen LogP contribution < -0.4 is 5.32 Å². The molecule has 30 heavy (non-hydrogen) atoms. The van der Waals surface area contributed by atoms with Crippen LogP contribution in [0.5, 0.6) is 0 Å². The lowest BCUT2D eigenvalue weighted by molar-refractivity contribution is -0.135. The number of hydrogen-bond donors (Lipinski definition) is 1. The lowest BCUT2D eigenvalue weighted by Crippen LogP contribution is -2.72. The molecule has 3 saturated heterocycles. The van der Waals surface area contributed by atoms with Crippen LogP contribution in [-0.4, -0.2) is 41.0 Å². The number of piperazine rings is 1. The Hall–Kier alpha value is -3.24. The minimum absolute atomic E-state index is 0.206. The lowest BCUT2D eigenvalue weighted by Gasteiger charge is -2.54. The van der Waals surface area contributed by atoms with Crippen molar-refractivity contribution in [3.8, 4) is 0 Å². The van der Waals surface area contributed by atoms with Crippen molar-refractivity contribution in [3.05, 3.63) is 101 Å². The Balaban J connectivity index is 1.20. The average molecular weight is 396 g/mol. The Morgan fingerprint density at radius 3 is 2.20 bits per heavy atom. The summed E-state index contributed by atoms with van der Waals surface area (Å²) in [7, 11) is 0. The van der Waals surface area contributed by atoms with E-state index >= 15 is 0 Å². The number of pyridine rings is 1. The third-order valence-electron chi connectivity index (χ3n) is 6.18. The second-order valence-electron chi connectivity index (χ2n) is 8.15.